The predicted octanol–water partition coefficient (Wildman–Crippen LogP) is 4.71. The monoisotopic (exact) mass is 307 g/mol. The maximum Gasteiger partial charge on any atom is 0.251 e. The smallest absolute Gasteiger partial charge is 0.251 e. The second-order valence-corrected chi connectivity index (χ2v) is 7.77. The van der Waals surface area contributed by atoms with Crippen LogP contribution in [0.15, 0.2) is 18.2 Å². The van der Waals surface area contributed by atoms with E-state index in [0.717, 1.165) is 42.5 Å². The molecule has 116 valence electrons. The number of nitrogens with one attached hydrogen (secondary N) is 1. The van der Waals surface area contributed by atoms with Crippen molar-refractivity contribution in [2.45, 2.75) is 52.3 Å². The lowest BCUT2D eigenvalue weighted by molar-refractivity contribution is 0.0956. The van der Waals surface area contributed by atoms with Crippen molar-refractivity contribution in [2.24, 2.45) is 11.3 Å². The predicted molar refractivity (Wildman–Crippen MR) is 88.9 cm³/mol. The zero-order valence-electron chi connectivity index (χ0n) is 13.5. The molecule has 1 amide bonds. The van der Waals surface area contributed by atoms with Crippen LogP contribution in [-0.2, 0) is 6.42 Å². The highest BCUT2D eigenvalue weighted by Gasteiger charge is 2.24. The Morgan fingerprint density at radius 2 is 2.05 bits per heavy atom. The van der Waals surface area contributed by atoms with Crippen molar-refractivity contribution in [3.8, 4) is 0 Å². The number of benzene rings is 1. The minimum absolute atomic E-state index is 0.0390. The summed E-state index contributed by atoms with van der Waals surface area (Å²) in [4.78, 5) is 12.1. The normalized spacial score (nSPS) is 18.4. The first-order valence-corrected chi connectivity index (χ1v) is 8.28. The summed E-state index contributed by atoms with van der Waals surface area (Å²) in [6.07, 6.45) is 2.88. The SMILES string of the molecule is CC(CC(Cl)c1ccc2c(c1)C(=O)NCCC2)C(C)(C)C. The number of hydrogen-bond donors (Lipinski definition) is 1. The molecule has 2 nitrogen and oxygen atoms in total. The first-order chi connectivity index (χ1) is 9.79. The van der Waals surface area contributed by atoms with Crippen molar-refractivity contribution in [3.05, 3.63) is 34.9 Å². The molecule has 0 saturated heterocycles. The molecule has 2 rings (SSSR count). The van der Waals surface area contributed by atoms with Crippen LogP contribution in [0.1, 0.15) is 67.4 Å². The van der Waals surface area contributed by atoms with Crippen LogP contribution in [0.5, 0.6) is 0 Å². The Bertz CT molecular complexity index is 518. The number of carbonyl (C=O) groups excluding carboxylic acids is 1. The molecule has 0 saturated carbocycles. The average Bonchev–Trinajstić information content (AvgIpc) is 2.59. The number of alkyl halides is 1. The summed E-state index contributed by atoms with van der Waals surface area (Å²) in [5, 5.41) is 2.91. The summed E-state index contributed by atoms with van der Waals surface area (Å²) < 4.78 is 0. The summed E-state index contributed by atoms with van der Waals surface area (Å²) in [7, 11) is 0. The molecule has 1 aliphatic heterocycles. The molecule has 2 atom stereocenters. The quantitative estimate of drug-likeness (QED) is 0.805. The van der Waals surface area contributed by atoms with Crippen molar-refractivity contribution in [3.63, 3.8) is 0 Å². The fraction of sp³-hybridized carbons (Fsp3) is 0.611. The molecular weight excluding hydrogens is 282 g/mol. The Labute approximate surface area is 133 Å². The van der Waals surface area contributed by atoms with Crippen molar-refractivity contribution < 1.29 is 4.79 Å². The van der Waals surface area contributed by atoms with Crippen molar-refractivity contribution in [1.29, 1.82) is 0 Å². The van der Waals surface area contributed by atoms with Crippen LogP contribution in [0.2, 0.25) is 0 Å². The van der Waals surface area contributed by atoms with Crippen LogP contribution < -0.4 is 5.32 Å². The Hall–Kier alpha value is -1.02. The van der Waals surface area contributed by atoms with E-state index >= 15 is 0 Å². The molecule has 3 heteroatoms. The lowest BCUT2D eigenvalue weighted by atomic mass is 9.78. The van der Waals surface area contributed by atoms with Gasteiger partial charge in [-0.2, -0.15) is 0 Å². The molecule has 0 spiro atoms. The topological polar surface area (TPSA) is 29.1 Å². The Morgan fingerprint density at radius 3 is 2.71 bits per heavy atom. The van der Waals surface area contributed by atoms with Crippen LogP contribution in [0.3, 0.4) is 0 Å². The largest absolute Gasteiger partial charge is 0.352 e. The number of fused-ring (bicyclic) bond motifs is 1. The van der Waals surface area contributed by atoms with Crippen LogP contribution >= 0.6 is 11.6 Å². The number of halogens is 1. The summed E-state index contributed by atoms with van der Waals surface area (Å²) in [5.74, 6) is 0.560. The van der Waals surface area contributed by atoms with Gasteiger partial charge < -0.3 is 5.32 Å². The highest BCUT2D eigenvalue weighted by Crippen LogP contribution is 2.37. The van der Waals surface area contributed by atoms with E-state index in [2.05, 4.69) is 45.1 Å². The van der Waals surface area contributed by atoms with Crippen LogP contribution in [0, 0.1) is 11.3 Å². The lowest BCUT2D eigenvalue weighted by Gasteiger charge is -2.29. The summed E-state index contributed by atoms with van der Waals surface area (Å²) in [5.41, 5.74) is 3.25. The number of carbonyl (C=O) groups is 1. The molecule has 1 aromatic carbocycles. The van der Waals surface area contributed by atoms with E-state index < -0.39 is 0 Å². The summed E-state index contributed by atoms with van der Waals surface area (Å²) in [6.45, 7) is 9.73. The zero-order chi connectivity index (χ0) is 15.6. The minimum Gasteiger partial charge on any atom is -0.352 e. The van der Waals surface area contributed by atoms with Crippen molar-refractivity contribution in [1.82, 2.24) is 5.32 Å². The van der Waals surface area contributed by atoms with Gasteiger partial charge in [-0.3, -0.25) is 4.79 Å². The van der Waals surface area contributed by atoms with Gasteiger partial charge in [0.15, 0.2) is 0 Å². The Balaban J connectivity index is 2.19. The zero-order valence-corrected chi connectivity index (χ0v) is 14.3. The molecule has 2 unspecified atom stereocenters. The van der Waals surface area contributed by atoms with Gasteiger partial charge in [-0.1, -0.05) is 39.8 Å². The first kappa shape index (κ1) is 16.4. The molecule has 1 aromatic rings. The van der Waals surface area contributed by atoms with E-state index in [4.69, 9.17) is 11.6 Å². The number of rotatable bonds is 3. The number of aryl methyl sites for hydroxylation is 1. The average molecular weight is 308 g/mol. The summed E-state index contributed by atoms with van der Waals surface area (Å²) in [6, 6.07) is 6.15. The Kier molecular flexibility index (Phi) is 4.98. The van der Waals surface area contributed by atoms with E-state index in [9.17, 15) is 4.79 Å². The third-order valence-electron chi connectivity index (χ3n) is 4.69. The number of amides is 1. The fourth-order valence-electron chi connectivity index (χ4n) is 2.59. The molecule has 0 fully saturated rings. The molecule has 1 heterocycles. The molecule has 1 N–H and O–H groups in total. The van der Waals surface area contributed by atoms with Crippen molar-refractivity contribution in [2.75, 3.05) is 6.54 Å². The lowest BCUT2D eigenvalue weighted by Crippen LogP contribution is -2.23. The van der Waals surface area contributed by atoms with Crippen LogP contribution in [-0.4, -0.2) is 12.5 Å². The van der Waals surface area contributed by atoms with Gasteiger partial charge in [0.25, 0.3) is 5.91 Å². The van der Waals surface area contributed by atoms with E-state index in [1.165, 1.54) is 0 Å². The molecule has 0 radical (unpaired) electrons. The van der Waals surface area contributed by atoms with E-state index in [1.54, 1.807) is 0 Å². The van der Waals surface area contributed by atoms with E-state index in [1.807, 2.05) is 6.07 Å². The fourth-order valence-corrected chi connectivity index (χ4v) is 3.00. The first-order valence-electron chi connectivity index (χ1n) is 7.84. The van der Waals surface area contributed by atoms with Gasteiger partial charge in [0.1, 0.15) is 0 Å². The van der Waals surface area contributed by atoms with Gasteiger partial charge in [0, 0.05) is 12.1 Å². The van der Waals surface area contributed by atoms with E-state index in [-0.39, 0.29) is 16.7 Å². The molecule has 0 aromatic heterocycles. The maximum atomic E-state index is 12.1. The maximum absolute atomic E-state index is 12.1. The molecule has 0 bridgehead atoms. The van der Waals surface area contributed by atoms with Crippen LogP contribution in [0.4, 0.5) is 0 Å². The van der Waals surface area contributed by atoms with Crippen molar-refractivity contribution >= 4 is 17.5 Å². The van der Waals surface area contributed by atoms with Gasteiger partial charge in [0.2, 0.25) is 0 Å². The minimum atomic E-state index is -0.0411. The third-order valence-corrected chi connectivity index (χ3v) is 5.12. The standard InChI is InChI=1S/C18H26ClNO/c1-12(18(2,3)4)10-16(19)14-8-7-13-6-5-9-20-17(21)15(13)11-14/h7-8,11-12,16H,5-6,9-10H2,1-4H3,(H,20,21). The molecular formula is C18H26ClNO. The molecule has 1 aliphatic rings. The third kappa shape index (κ3) is 4.00. The van der Waals surface area contributed by atoms with Gasteiger partial charge in [-0.15, -0.1) is 11.6 Å². The summed E-state index contributed by atoms with van der Waals surface area (Å²) >= 11 is 6.61. The highest BCUT2D eigenvalue weighted by molar-refractivity contribution is 6.20. The molecule has 21 heavy (non-hydrogen) atoms. The van der Waals surface area contributed by atoms with Gasteiger partial charge in [-0.05, 0) is 47.8 Å². The number of hydrogen-bond acceptors (Lipinski definition) is 1. The Morgan fingerprint density at radius 1 is 1.33 bits per heavy atom. The highest BCUT2D eigenvalue weighted by atomic mass is 35.5. The van der Waals surface area contributed by atoms with Gasteiger partial charge in [-0.25, -0.2) is 0 Å². The van der Waals surface area contributed by atoms with Gasteiger partial charge >= 0.3 is 0 Å². The van der Waals surface area contributed by atoms with E-state index in [0.29, 0.717) is 5.92 Å². The second-order valence-electron chi connectivity index (χ2n) is 7.25. The second kappa shape index (κ2) is 6.39. The van der Waals surface area contributed by atoms with Crippen LogP contribution in [0.25, 0.3) is 0 Å². The molecule has 0 aliphatic carbocycles. The van der Waals surface area contributed by atoms with Gasteiger partial charge in [0.05, 0.1) is 5.38 Å².